The van der Waals surface area contributed by atoms with E-state index >= 15 is 0 Å². The minimum atomic E-state index is -4.58. The fourth-order valence-corrected chi connectivity index (χ4v) is 3.73. The van der Waals surface area contributed by atoms with Crippen molar-refractivity contribution >= 4 is 35.1 Å². The third-order valence-electron chi connectivity index (χ3n) is 5.54. The molecule has 7 nitrogen and oxygen atoms in total. The molecule has 1 aliphatic rings. The first-order valence-electron chi connectivity index (χ1n) is 10.7. The summed E-state index contributed by atoms with van der Waals surface area (Å²) >= 11 is 0. The van der Waals surface area contributed by atoms with Crippen LogP contribution in [-0.4, -0.2) is 30.3 Å². The molecular formula is C26H19F3N2O5. The molecule has 1 N–H and O–H groups in total. The Morgan fingerprint density at radius 1 is 0.917 bits per heavy atom. The lowest BCUT2D eigenvalue weighted by Gasteiger charge is -2.17. The molecular weight excluding hydrogens is 477 g/mol. The van der Waals surface area contributed by atoms with Crippen LogP contribution in [0.5, 0.6) is 0 Å². The van der Waals surface area contributed by atoms with Gasteiger partial charge in [-0.3, -0.25) is 14.4 Å². The molecule has 1 aliphatic heterocycles. The third-order valence-corrected chi connectivity index (χ3v) is 5.54. The predicted molar refractivity (Wildman–Crippen MR) is 124 cm³/mol. The standard InChI is InChI=1S/C26H19F3N2O5/c1-14-6-7-15(2)21(10-14)31-23(33)19-9-8-16(11-20(19)24(31)34)25(35)36-13-22(32)30-18-5-3-4-17(12-18)26(27,28)29/h3-12H,13H2,1-2H3,(H,30,32). The highest BCUT2D eigenvalue weighted by molar-refractivity contribution is 6.35. The number of halogens is 3. The van der Waals surface area contributed by atoms with Crippen molar-refractivity contribution in [2.45, 2.75) is 20.0 Å². The van der Waals surface area contributed by atoms with E-state index in [0.717, 1.165) is 34.2 Å². The predicted octanol–water partition coefficient (Wildman–Crippen LogP) is 4.92. The van der Waals surface area contributed by atoms with Gasteiger partial charge in [0.15, 0.2) is 6.61 Å². The number of benzene rings is 3. The molecule has 0 radical (unpaired) electrons. The Kier molecular flexibility index (Phi) is 6.36. The van der Waals surface area contributed by atoms with E-state index in [1.54, 1.807) is 19.1 Å². The summed E-state index contributed by atoms with van der Waals surface area (Å²) in [4.78, 5) is 51.5. The van der Waals surface area contributed by atoms with Crippen LogP contribution < -0.4 is 10.2 Å². The third kappa shape index (κ3) is 4.83. The lowest BCUT2D eigenvalue weighted by Crippen LogP contribution is -2.30. The number of anilines is 2. The van der Waals surface area contributed by atoms with Gasteiger partial charge >= 0.3 is 12.1 Å². The Hall–Kier alpha value is -4.47. The van der Waals surface area contributed by atoms with E-state index in [-0.39, 0.29) is 22.4 Å². The number of nitrogens with one attached hydrogen (secondary N) is 1. The zero-order chi connectivity index (χ0) is 26.2. The highest BCUT2D eigenvalue weighted by Gasteiger charge is 2.38. The SMILES string of the molecule is Cc1ccc(C)c(N2C(=O)c3ccc(C(=O)OCC(=O)Nc4cccc(C(F)(F)F)c4)cc3C2=O)c1. The van der Waals surface area contributed by atoms with E-state index < -0.39 is 42.0 Å². The molecule has 0 aliphatic carbocycles. The summed E-state index contributed by atoms with van der Waals surface area (Å²) < 4.78 is 43.4. The van der Waals surface area contributed by atoms with Crippen molar-refractivity contribution in [1.29, 1.82) is 0 Å². The van der Waals surface area contributed by atoms with Gasteiger partial charge in [-0.1, -0.05) is 18.2 Å². The maximum atomic E-state index is 13.0. The Morgan fingerprint density at radius 2 is 1.64 bits per heavy atom. The molecule has 184 valence electrons. The number of ether oxygens (including phenoxy) is 1. The van der Waals surface area contributed by atoms with Crippen LogP contribution in [0.15, 0.2) is 60.7 Å². The molecule has 0 spiro atoms. The van der Waals surface area contributed by atoms with Crippen molar-refractivity contribution in [2.75, 3.05) is 16.8 Å². The second kappa shape index (κ2) is 9.29. The average molecular weight is 496 g/mol. The Bertz CT molecular complexity index is 1410. The second-order valence-electron chi connectivity index (χ2n) is 8.20. The summed E-state index contributed by atoms with van der Waals surface area (Å²) in [7, 11) is 0. The number of fused-ring (bicyclic) bond motifs is 1. The molecule has 0 atom stereocenters. The first kappa shape index (κ1) is 24.6. The number of amides is 3. The van der Waals surface area contributed by atoms with Gasteiger partial charge in [-0.05, 0) is 67.4 Å². The molecule has 1 heterocycles. The van der Waals surface area contributed by atoms with E-state index in [1.165, 1.54) is 24.3 Å². The van der Waals surface area contributed by atoms with Crippen molar-refractivity contribution < 1.29 is 37.1 Å². The second-order valence-corrected chi connectivity index (χ2v) is 8.20. The number of rotatable bonds is 5. The van der Waals surface area contributed by atoms with Gasteiger partial charge in [0, 0.05) is 5.69 Å². The molecule has 0 bridgehead atoms. The number of esters is 1. The summed E-state index contributed by atoms with van der Waals surface area (Å²) in [6, 6.07) is 13.2. The minimum Gasteiger partial charge on any atom is -0.452 e. The number of imide groups is 1. The molecule has 3 amide bonds. The molecule has 3 aromatic carbocycles. The summed E-state index contributed by atoms with van der Waals surface area (Å²) in [6.45, 7) is 2.83. The number of hydrogen-bond donors (Lipinski definition) is 1. The van der Waals surface area contributed by atoms with Crippen molar-refractivity contribution in [3.63, 3.8) is 0 Å². The van der Waals surface area contributed by atoms with Crippen LogP contribution in [0.3, 0.4) is 0 Å². The van der Waals surface area contributed by atoms with E-state index in [9.17, 15) is 32.3 Å². The van der Waals surface area contributed by atoms with E-state index in [1.807, 2.05) is 13.0 Å². The number of carbonyl (C=O) groups excluding carboxylic acids is 4. The Balaban J connectivity index is 1.45. The lowest BCUT2D eigenvalue weighted by atomic mass is 10.1. The van der Waals surface area contributed by atoms with Gasteiger partial charge in [0.2, 0.25) is 0 Å². The van der Waals surface area contributed by atoms with Crippen LogP contribution in [0.4, 0.5) is 24.5 Å². The molecule has 0 saturated carbocycles. The molecule has 3 aromatic rings. The van der Waals surface area contributed by atoms with Crippen molar-refractivity contribution in [3.05, 3.63) is 94.0 Å². The maximum Gasteiger partial charge on any atom is 0.416 e. The quantitative estimate of drug-likeness (QED) is 0.400. The van der Waals surface area contributed by atoms with Crippen LogP contribution in [0.2, 0.25) is 0 Å². The van der Waals surface area contributed by atoms with E-state index in [4.69, 9.17) is 4.74 Å². The number of aryl methyl sites for hydroxylation is 2. The smallest absolute Gasteiger partial charge is 0.416 e. The Morgan fingerprint density at radius 3 is 2.36 bits per heavy atom. The van der Waals surface area contributed by atoms with Crippen LogP contribution >= 0.6 is 0 Å². The van der Waals surface area contributed by atoms with Gasteiger partial charge in [0.25, 0.3) is 17.7 Å². The minimum absolute atomic E-state index is 0.0174. The number of hydrogen-bond acceptors (Lipinski definition) is 5. The fraction of sp³-hybridized carbons (Fsp3) is 0.154. The van der Waals surface area contributed by atoms with Gasteiger partial charge in [-0.25, -0.2) is 9.69 Å². The lowest BCUT2D eigenvalue weighted by molar-refractivity contribution is -0.137. The van der Waals surface area contributed by atoms with Crippen molar-refractivity contribution in [2.24, 2.45) is 0 Å². The molecule has 4 rings (SSSR count). The number of carbonyl (C=O) groups is 4. The average Bonchev–Trinajstić information content (AvgIpc) is 3.08. The molecule has 0 fully saturated rings. The number of alkyl halides is 3. The number of nitrogens with zero attached hydrogens (tertiary/aromatic N) is 1. The van der Waals surface area contributed by atoms with Crippen LogP contribution in [-0.2, 0) is 15.7 Å². The normalized spacial score (nSPS) is 13.0. The fourth-order valence-electron chi connectivity index (χ4n) is 3.73. The van der Waals surface area contributed by atoms with Crippen LogP contribution in [0, 0.1) is 13.8 Å². The molecule has 0 aromatic heterocycles. The summed E-state index contributed by atoms with van der Waals surface area (Å²) in [5.41, 5.74) is 1.05. The monoisotopic (exact) mass is 496 g/mol. The Labute approximate surface area is 203 Å². The van der Waals surface area contributed by atoms with E-state index in [0.29, 0.717) is 5.69 Å². The van der Waals surface area contributed by atoms with Crippen molar-refractivity contribution in [1.82, 2.24) is 0 Å². The zero-order valence-electron chi connectivity index (χ0n) is 19.1. The van der Waals surface area contributed by atoms with Gasteiger partial charge in [0.1, 0.15) is 0 Å². The summed E-state index contributed by atoms with van der Waals surface area (Å²) in [5.74, 6) is -2.91. The zero-order valence-corrected chi connectivity index (χ0v) is 19.1. The summed E-state index contributed by atoms with van der Waals surface area (Å²) in [6.07, 6.45) is -4.58. The molecule has 0 unspecified atom stereocenters. The first-order chi connectivity index (χ1) is 17.0. The van der Waals surface area contributed by atoms with E-state index in [2.05, 4.69) is 5.32 Å². The highest BCUT2D eigenvalue weighted by atomic mass is 19.4. The van der Waals surface area contributed by atoms with Gasteiger partial charge < -0.3 is 10.1 Å². The molecule has 10 heteroatoms. The van der Waals surface area contributed by atoms with Gasteiger partial charge in [0.05, 0.1) is 27.9 Å². The maximum absolute atomic E-state index is 13.0. The topological polar surface area (TPSA) is 92.8 Å². The summed E-state index contributed by atoms with van der Waals surface area (Å²) in [5, 5.41) is 2.23. The largest absolute Gasteiger partial charge is 0.452 e. The highest BCUT2D eigenvalue weighted by Crippen LogP contribution is 2.32. The molecule has 36 heavy (non-hydrogen) atoms. The first-order valence-corrected chi connectivity index (χ1v) is 10.7. The molecule has 0 saturated heterocycles. The van der Waals surface area contributed by atoms with Gasteiger partial charge in [-0.15, -0.1) is 0 Å². The van der Waals surface area contributed by atoms with Crippen LogP contribution in [0.1, 0.15) is 47.8 Å². The van der Waals surface area contributed by atoms with Crippen LogP contribution in [0.25, 0.3) is 0 Å². The van der Waals surface area contributed by atoms with Gasteiger partial charge in [-0.2, -0.15) is 13.2 Å². The van der Waals surface area contributed by atoms with Crippen molar-refractivity contribution in [3.8, 4) is 0 Å².